The molecule has 0 saturated carbocycles. The van der Waals surface area contributed by atoms with Crippen LogP contribution in [0.4, 0.5) is 0 Å². The van der Waals surface area contributed by atoms with Crippen molar-refractivity contribution in [3.8, 4) is 5.75 Å². The monoisotopic (exact) mass is 208 g/mol. The van der Waals surface area contributed by atoms with Crippen molar-refractivity contribution in [1.82, 2.24) is 0 Å². The lowest BCUT2D eigenvalue weighted by molar-refractivity contribution is -0.139. The zero-order valence-electron chi connectivity index (χ0n) is 10.2. The van der Waals surface area contributed by atoms with Crippen LogP contribution in [-0.4, -0.2) is 5.26 Å². The third-order valence-corrected chi connectivity index (χ3v) is 2.63. The third kappa shape index (κ3) is 2.51. The molecule has 84 valence electrons. The Kier molecular flexibility index (Phi) is 3.75. The van der Waals surface area contributed by atoms with E-state index in [4.69, 9.17) is 5.26 Å². The van der Waals surface area contributed by atoms with Crippen LogP contribution in [0.5, 0.6) is 5.75 Å². The third-order valence-electron chi connectivity index (χ3n) is 2.63. The molecule has 0 aliphatic rings. The molecule has 0 atom stereocenters. The zero-order valence-corrected chi connectivity index (χ0v) is 10.2. The molecule has 0 heterocycles. The van der Waals surface area contributed by atoms with Crippen LogP contribution < -0.4 is 4.89 Å². The van der Waals surface area contributed by atoms with Gasteiger partial charge in [0.25, 0.3) is 0 Å². The van der Waals surface area contributed by atoms with Gasteiger partial charge >= 0.3 is 0 Å². The van der Waals surface area contributed by atoms with Crippen molar-refractivity contribution in [3.63, 3.8) is 0 Å². The van der Waals surface area contributed by atoms with Crippen molar-refractivity contribution in [2.24, 2.45) is 0 Å². The Morgan fingerprint density at radius 3 is 1.67 bits per heavy atom. The molecular weight excluding hydrogens is 188 g/mol. The molecule has 0 bridgehead atoms. The van der Waals surface area contributed by atoms with Crippen LogP contribution in [0, 0.1) is 6.92 Å². The fraction of sp³-hybridized carbons (Fsp3) is 0.538. The fourth-order valence-electron chi connectivity index (χ4n) is 1.79. The van der Waals surface area contributed by atoms with E-state index in [0.717, 1.165) is 11.1 Å². The van der Waals surface area contributed by atoms with Crippen molar-refractivity contribution >= 4 is 0 Å². The van der Waals surface area contributed by atoms with Gasteiger partial charge in [-0.2, -0.15) is 0 Å². The lowest BCUT2D eigenvalue weighted by Crippen LogP contribution is -2.02. The Morgan fingerprint density at radius 2 is 1.40 bits per heavy atom. The summed E-state index contributed by atoms with van der Waals surface area (Å²) in [5.74, 6) is 1.33. The number of hydrogen-bond acceptors (Lipinski definition) is 2. The average Bonchev–Trinajstić information content (AvgIpc) is 2.16. The highest BCUT2D eigenvalue weighted by Crippen LogP contribution is 2.35. The van der Waals surface area contributed by atoms with Crippen molar-refractivity contribution in [2.75, 3.05) is 0 Å². The molecular formula is C13H20O2. The minimum atomic E-state index is 0.351. The number of hydrogen-bond donors (Lipinski definition) is 1. The maximum Gasteiger partial charge on any atom is 0.172 e. The van der Waals surface area contributed by atoms with Gasteiger partial charge < -0.3 is 4.89 Å². The van der Waals surface area contributed by atoms with Crippen molar-refractivity contribution in [1.29, 1.82) is 0 Å². The van der Waals surface area contributed by atoms with Gasteiger partial charge in [0.05, 0.1) is 0 Å². The molecule has 0 saturated heterocycles. The smallest absolute Gasteiger partial charge is 0.172 e. The first kappa shape index (κ1) is 12.1. The van der Waals surface area contributed by atoms with Gasteiger partial charge in [-0.3, -0.25) is 0 Å². The number of benzene rings is 1. The summed E-state index contributed by atoms with van der Waals surface area (Å²) in [7, 11) is 0. The average molecular weight is 208 g/mol. The molecule has 15 heavy (non-hydrogen) atoms. The van der Waals surface area contributed by atoms with E-state index in [-0.39, 0.29) is 0 Å². The van der Waals surface area contributed by atoms with Gasteiger partial charge in [-0.25, -0.2) is 5.26 Å². The van der Waals surface area contributed by atoms with Gasteiger partial charge in [0.15, 0.2) is 5.75 Å². The maximum atomic E-state index is 8.99. The summed E-state index contributed by atoms with van der Waals surface area (Å²) in [6.07, 6.45) is 0. The maximum absolute atomic E-state index is 8.99. The zero-order chi connectivity index (χ0) is 11.6. The van der Waals surface area contributed by atoms with Crippen LogP contribution >= 0.6 is 0 Å². The minimum Gasteiger partial charge on any atom is -0.340 e. The predicted octanol–water partition coefficient (Wildman–Crippen LogP) is 4.09. The molecule has 2 nitrogen and oxygen atoms in total. The van der Waals surface area contributed by atoms with Gasteiger partial charge in [0, 0.05) is 11.1 Å². The summed E-state index contributed by atoms with van der Waals surface area (Å²) in [5.41, 5.74) is 3.35. The Balaban J connectivity index is 3.38. The molecule has 0 unspecified atom stereocenters. The molecule has 0 fully saturated rings. The molecule has 0 radical (unpaired) electrons. The highest BCUT2D eigenvalue weighted by atomic mass is 17.1. The molecule has 2 heteroatoms. The van der Waals surface area contributed by atoms with E-state index in [9.17, 15) is 0 Å². The molecule has 0 aliphatic carbocycles. The normalized spacial score (nSPS) is 11.2. The minimum absolute atomic E-state index is 0.351. The Hall–Kier alpha value is -1.02. The standard InChI is InChI=1S/C13H20O2/c1-8(2)11-6-10(5)7-12(9(3)4)13(11)15-14/h6-9,14H,1-5H3. The quantitative estimate of drug-likeness (QED) is 0.598. The topological polar surface area (TPSA) is 29.5 Å². The Morgan fingerprint density at radius 1 is 1.00 bits per heavy atom. The first-order valence-electron chi connectivity index (χ1n) is 5.43. The molecule has 1 rings (SSSR count). The largest absolute Gasteiger partial charge is 0.340 e. The molecule has 0 aliphatic heterocycles. The molecule has 1 aromatic carbocycles. The number of aryl methyl sites for hydroxylation is 1. The van der Waals surface area contributed by atoms with E-state index in [0.29, 0.717) is 17.6 Å². The summed E-state index contributed by atoms with van der Waals surface area (Å²) in [6, 6.07) is 4.14. The molecule has 0 spiro atoms. The summed E-state index contributed by atoms with van der Waals surface area (Å²) in [6.45, 7) is 10.5. The van der Waals surface area contributed by atoms with Crippen LogP contribution in [0.25, 0.3) is 0 Å². The van der Waals surface area contributed by atoms with Gasteiger partial charge in [-0.05, 0) is 18.8 Å². The van der Waals surface area contributed by atoms with Crippen LogP contribution in [0.15, 0.2) is 12.1 Å². The molecule has 1 aromatic rings. The van der Waals surface area contributed by atoms with Crippen LogP contribution in [-0.2, 0) is 0 Å². The lowest BCUT2D eigenvalue weighted by atomic mass is 9.92. The van der Waals surface area contributed by atoms with Gasteiger partial charge in [0.2, 0.25) is 0 Å². The Bertz CT molecular complexity index is 311. The second-order valence-electron chi connectivity index (χ2n) is 4.67. The van der Waals surface area contributed by atoms with Crippen molar-refractivity contribution in [3.05, 3.63) is 28.8 Å². The van der Waals surface area contributed by atoms with Crippen LogP contribution in [0.1, 0.15) is 56.2 Å². The van der Waals surface area contributed by atoms with Crippen molar-refractivity contribution < 1.29 is 10.1 Å². The fourth-order valence-corrected chi connectivity index (χ4v) is 1.79. The second-order valence-corrected chi connectivity index (χ2v) is 4.67. The van der Waals surface area contributed by atoms with E-state index in [1.165, 1.54) is 5.56 Å². The van der Waals surface area contributed by atoms with Crippen LogP contribution in [0.3, 0.4) is 0 Å². The Labute approximate surface area is 91.8 Å². The lowest BCUT2D eigenvalue weighted by Gasteiger charge is -2.17. The first-order valence-corrected chi connectivity index (χ1v) is 5.43. The van der Waals surface area contributed by atoms with E-state index in [1.807, 2.05) is 0 Å². The highest BCUT2D eigenvalue weighted by molar-refractivity contribution is 5.47. The first-order chi connectivity index (χ1) is 6.97. The van der Waals surface area contributed by atoms with Gasteiger partial charge in [-0.1, -0.05) is 45.4 Å². The summed E-state index contributed by atoms with van der Waals surface area (Å²) >= 11 is 0. The van der Waals surface area contributed by atoms with Crippen molar-refractivity contribution in [2.45, 2.75) is 46.5 Å². The van der Waals surface area contributed by atoms with Gasteiger partial charge in [0.1, 0.15) is 0 Å². The highest BCUT2D eigenvalue weighted by Gasteiger charge is 2.16. The summed E-state index contributed by atoms with van der Waals surface area (Å²) in [4.78, 5) is 4.55. The molecule has 0 aromatic heterocycles. The molecule has 0 amide bonds. The second kappa shape index (κ2) is 4.67. The SMILES string of the molecule is Cc1cc(C(C)C)c(OO)c(C(C)C)c1. The van der Waals surface area contributed by atoms with E-state index < -0.39 is 0 Å². The van der Waals surface area contributed by atoms with E-state index >= 15 is 0 Å². The number of rotatable bonds is 3. The summed E-state index contributed by atoms with van der Waals surface area (Å²) < 4.78 is 0. The van der Waals surface area contributed by atoms with Gasteiger partial charge in [-0.15, -0.1) is 0 Å². The summed E-state index contributed by atoms with van der Waals surface area (Å²) in [5, 5.41) is 8.99. The van der Waals surface area contributed by atoms with E-state index in [2.05, 4.69) is 51.6 Å². The predicted molar refractivity (Wildman–Crippen MR) is 62.6 cm³/mol. The van der Waals surface area contributed by atoms with E-state index in [1.54, 1.807) is 0 Å². The van der Waals surface area contributed by atoms with Crippen LogP contribution in [0.2, 0.25) is 0 Å². The molecule has 1 N–H and O–H groups in total.